The number of carbonyl (C=O) groups excluding carboxylic acids is 1. The molecule has 0 radical (unpaired) electrons. The minimum atomic E-state index is -0.641. The van der Waals surface area contributed by atoms with Gasteiger partial charge in [-0.05, 0) is 25.3 Å². The van der Waals surface area contributed by atoms with Crippen LogP contribution in [0.15, 0.2) is 24.3 Å². The Kier molecular flexibility index (Phi) is 2.33. The molecule has 4 nitrogen and oxygen atoms in total. The van der Waals surface area contributed by atoms with Crippen molar-refractivity contribution in [2.24, 2.45) is 5.73 Å². The molecule has 17 heavy (non-hydrogen) atoms. The van der Waals surface area contributed by atoms with Crippen molar-refractivity contribution in [3.05, 3.63) is 29.8 Å². The quantitative estimate of drug-likeness (QED) is 0.803. The van der Waals surface area contributed by atoms with Crippen molar-refractivity contribution in [2.45, 2.75) is 30.8 Å². The monoisotopic (exact) mass is 232 g/mol. The van der Waals surface area contributed by atoms with Gasteiger partial charge >= 0.3 is 0 Å². The molecule has 90 valence electrons. The van der Waals surface area contributed by atoms with Gasteiger partial charge in [-0.25, -0.2) is 0 Å². The standard InChI is InChI=1S/C13H16N2O2/c14-13(6-3-7-13)12(16)15-10-8-17-11-5-2-1-4-9(10)11/h1-2,4-5,10H,3,6-8,14H2,(H,15,16). The summed E-state index contributed by atoms with van der Waals surface area (Å²) in [4.78, 5) is 12.0. The van der Waals surface area contributed by atoms with E-state index < -0.39 is 5.54 Å². The maximum Gasteiger partial charge on any atom is 0.240 e. The van der Waals surface area contributed by atoms with Crippen LogP contribution in [0.25, 0.3) is 0 Å². The minimum Gasteiger partial charge on any atom is -0.491 e. The summed E-state index contributed by atoms with van der Waals surface area (Å²) in [5.41, 5.74) is 6.40. The van der Waals surface area contributed by atoms with Crippen LogP contribution in [0.2, 0.25) is 0 Å². The number of fused-ring (bicyclic) bond motifs is 1. The zero-order valence-electron chi connectivity index (χ0n) is 9.61. The normalized spacial score (nSPS) is 24.4. The van der Waals surface area contributed by atoms with Crippen LogP contribution in [0, 0.1) is 0 Å². The zero-order valence-corrected chi connectivity index (χ0v) is 9.61. The van der Waals surface area contributed by atoms with E-state index in [-0.39, 0.29) is 11.9 Å². The third-order valence-electron chi connectivity index (χ3n) is 3.70. The number of benzene rings is 1. The summed E-state index contributed by atoms with van der Waals surface area (Å²) in [6.45, 7) is 0.501. The van der Waals surface area contributed by atoms with Gasteiger partial charge < -0.3 is 15.8 Å². The number of hydrogen-bond acceptors (Lipinski definition) is 3. The van der Waals surface area contributed by atoms with Gasteiger partial charge in [-0.1, -0.05) is 18.2 Å². The fourth-order valence-corrected chi connectivity index (χ4v) is 2.37. The molecule has 3 rings (SSSR count). The second-order valence-corrected chi connectivity index (χ2v) is 4.88. The zero-order chi connectivity index (χ0) is 11.9. The summed E-state index contributed by atoms with van der Waals surface area (Å²) >= 11 is 0. The number of para-hydroxylation sites is 1. The van der Waals surface area contributed by atoms with Gasteiger partial charge in [0, 0.05) is 5.56 Å². The van der Waals surface area contributed by atoms with Crippen molar-refractivity contribution >= 4 is 5.91 Å². The summed E-state index contributed by atoms with van der Waals surface area (Å²) in [5, 5.41) is 2.99. The predicted octanol–water partition coefficient (Wildman–Crippen LogP) is 1.12. The van der Waals surface area contributed by atoms with Crippen LogP contribution in [0.4, 0.5) is 0 Å². The van der Waals surface area contributed by atoms with Crippen molar-refractivity contribution in [3.63, 3.8) is 0 Å². The molecule has 1 amide bonds. The molecular weight excluding hydrogens is 216 g/mol. The molecular formula is C13H16N2O2. The largest absolute Gasteiger partial charge is 0.491 e. The third-order valence-corrected chi connectivity index (χ3v) is 3.70. The SMILES string of the molecule is NC1(C(=O)NC2COc3ccccc32)CCC1. The van der Waals surface area contributed by atoms with E-state index >= 15 is 0 Å². The fourth-order valence-electron chi connectivity index (χ4n) is 2.37. The van der Waals surface area contributed by atoms with E-state index in [4.69, 9.17) is 10.5 Å². The molecule has 0 spiro atoms. The highest BCUT2D eigenvalue weighted by molar-refractivity contribution is 5.87. The molecule has 2 aliphatic rings. The molecule has 1 fully saturated rings. The Morgan fingerprint density at radius 3 is 2.88 bits per heavy atom. The lowest BCUT2D eigenvalue weighted by Gasteiger charge is -2.36. The van der Waals surface area contributed by atoms with Gasteiger partial charge in [-0.15, -0.1) is 0 Å². The number of ether oxygens (including phenoxy) is 1. The van der Waals surface area contributed by atoms with E-state index in [1.807, 2.05) is 24.3 Å². The molecule has 1 aliphatic heterocycles. The van der Waals surface area contributed by atoms with Crippen molar-refractivity contribution < 1.29 is 9.53 Å². The Bertz CT molecular complexity index is 454. The lowest BCUT2D eigenvalue weighted by molar-refractivity contribution is -0.130. The molecule has 1 atom stereocenters. The molecule has 1 heterocycles. The first-order valence-corrected chi connectivity index (χ1v) is 6.01. The van der Waals surface area contributed by atoms with Crippen molar-refractivity contribution in [2.75, 3.05) is 6.61 Å². The molecule has 0 bridgehead atoms. The fraction of sp³-hybridized carbons (Fsp3) is 0.462. The van der Waals surface area contributed by atoms with Crippen LogP contribution in [0.1, 0.15) is 30.9 Å². The Balaban J connectivity index is 1.73. The minimum absolute atomic E-state index is 0.0472. The van der Waals surface area contributed by atoms with Gasteiger partial charge in [-0.2, -0.15) is 0 Å². The van der Waals surface area contributed by atoms with Crippen LogP contribution in [-0.4, -0.2) is 18.1 Å². The number of nitrogens with one attached hydrogen (secondary N) is 1. The highest BCUT2D eigenvalue weighted by Crippen LogP contribution is 2.34. The number of hydrogen-bond donors (Lipinski definition) is 2. The van der Waals surface area contributed by atoms with Gasteiger partial charge in [0.05, 0.1) is 11.6 Å². The molecule has 0 saturated heterocycles. The second kappa shape index (κ2) is 3.74. The Hall–Kier alpha value is -1.55. The van der Waals surface area contributed by atoms with Gasteiger partial charge in [0.15, 0.2) is 0 Å². The van der Waals surface area contributed by atoms with E-state index in [1.54, 1.807) is 0 Å². The lowest BCUT2D eigenvalue weighted by Crippen LogP contribution is -2.59. The van der Waals surface area contributed by atoms with Crippen LogP contribution >= 0.6 is 0 Å². The maximum absolute atomic E-state index is 12.0. The average molecular weight is 232 g/mol. The van der Waals surface area contributed by atoms with Crippen molar-refractivity contribution in [1.82, 2.24) is 5.32 Å². The first-order valence-electron chi connectivity index (χ1n) is 6.01. The Morgan fingerprint density at radius 1 is 1.41 bits per heavy atom. The lowest BCUT2D eigenvalue weighted by atomic mass is 9.77. The Morgan fingerprint density at radius 2 is 2.18 bits per heavy atom. The van der Waals surface area contributed by atoms with Crippen LogP contribution in [0.5, 0.6) is 5.75 Å². The van der Waals surface area contributed by atoms with Crippen LogP contribution in [-0.2, 0) is 4.79 Å². The highest BCUT2D eigenvalue weighted by Gasteiger charge is 2.41. The molecule has 4 heteroatoms. The van der Waals surface area contributed by atoms with Gasteiger partial charge in [0.25, 0.3) is 0 Å². The van der Waals surface area contributed by atoms with E-state index in [2.05, 4.69) is 5.32 Å². The first-order chi connectivity index (χ1) is 8.19. The summed E-state index contributed by atoms with van der Waals surface area (Å²) in [5.74, 6) is 0.812. The molecule has 3 N–H and O–H groups in total. The average Bonchev–Trinajstić information content (AvgIpc) is 2.70. The van der Waals surface area contributed by atoms with Crippen LogP contribution in [0.3, 0.4) is 0 Å². The summed E-state index contributed by atoms with van der Waals surface area (Å²) in [7, 11) is 0. The molecule has 1 unspecified atom stereocenters. The highest BCUT2D eigenvalue weighted by atomic mass is 16.5. The summed E-state index contributed by atoms with van der Waals surface area (Å²) in [6.07, 6.45) is 2.61. The maximum atomic E-state index is 12.0. The molecule has 1 aromatic rings. The van der Waals surface area contributed by atoms with Gasteiger partial charge in [0.2, 0.25) is 5.91 Å². The smallest absolute Gasteiger partial charge is 0.240 e. The van der Waals surface area contributed by atoms with Gasteiger partial charge in [0.1, 0.15) is 12.4 Å². The molecule has 1 aromatic carbocycles. The summed E-state index contributed by atoms with van der Waals surface area (Å²) in [6, 6.07) is 7.73. The predicted molar refractivity (Wildman–Crippen MR) is 63.6 cm³/mol. The topological polar surface area (TPSA) is 64.4 Å². The van der Waals surface area contributed by atoms with Crippen molar-refractivity contribution in [3.8, 4) is 5.75 Å². The molecule has 0 aromatic heterocycles. The number of carbonyl (C=O) groups is 1. The molecule has 1 aliphatic carbocycles. The van der Waals surface area contributed by atoms with E-state index in [0.29, 0.717) is 6.61 Å². The Labute approximate surface area is 100 Å². The first kappa shape index (κ1) is 10.6. The van der Waals surface area contributed by atoms with E-state index in [0.717, 1.165) is 30.6 Å². The number of nitrogens with two attached hydrogens (primary N) is 1. The molecule has 1 saturated carbocycles. The van der Waals surface area contributed by atoms with Crippen LogP contribution < -0.4 is 15.8 Å². The number of rotatable bonds is 2. The van der Waals surface area contributed by atoms with E-state index in [1.165, 1.54) is 0 Å². The van der Waals surface area contributed by atoms with Crippen molar-refractivity contribution in [1.29, 1.82) is 0 Å². The number of amides is 1. The van der Waals surface area contributed by atoms with Gasteiger partial charge in [-0.3, -0.25) is 4.79 Å². The second-order valence-electron chi connectivity index (χ2n) is 4.88. The third kappa shape index (κ3) is 1.69. The van der Waals surface area contributed by atoms with E-state index in [9.17, 15) is 4.79 Å². The summed E-state index contributed by atoms with van der Waals surface area (Å²) < 4.78 is 5.52.